The average Bonchev–Trinajstić information content (AvgIpc) is 2.89. The minimum absolute atomic E-state index is 0.0380. The maximum atomic E-state index is 12.4. The van der Waals surface area contributed by atoms with Gasteiger partial charge in [0, 0.05) is 24.7 Å². The van der Waals surface area contributed by atoms with Crippen LogP contribution in [0.3, 0.4) is 0 Å². The molecule has 1 unspecified atom stereocenters. The maximum Gasteiger partial charge on any atom is 0.258 e. The summed E-state index contributed by atoms with van der Waals surface area (Å²) >= 11 is 0. The summed E-state index contributed by atoms with van der Waals surface area (Å²) in [6.45, 7) is 4.09. The number of fused-ring (bicyclic) bond motifs is 2. The lowest BCUT2D eigenvalue weighted by molar-refractivity contribution is 0.174. The molecule has 1 aliphatic heterocycles. The standard InChI is InChI=1S/C20H21N3O3/c1-13(19-21-17-6-4-3-5-16(17)20(24)22-19)23-9-10-26-18-11-15(25-2)8-7-14(18)12-23/h3-8,11,13H,9-10,12H2,1-2H3,(H,21,22,24). The first kappa shape index (κ1) is 16.6. The first-order valence-corrected chi connectivity index (χ1v) is 8.68. The highest BCUT2D eigenvalue weighted by Gasteiger charge is 2.23. The van der Waals surface area contributed by atoms with Crippen LogP contribution in [0.4, 0.5) is 0 Å². The molecule has 3 aromatic rings. The van der Waals surface area contributed by atoms with Crippen LogP contribution in [-0.4, -0.2) is 35.1 Å². The Hall–Kier alpha value is -2.86. The van der Waals surface area contributed by atoms with Crippen LogP contribution in [0.15, 0.2) is 47.3 Å². The van der Waals surface area contributed by atoms with Crippen LogP contribution in [-0.2, 0) is 6.54 Å². The Morgan fingerprint density at radius 3 is 2.96 bits per heavy atom. The number of aromatic amines is 1. The van der Waals surface area contributed by atoms with Gasteiger partial charge in [-0.3, -0.25) is 9.69 Å². The molecule has 0 aliphatic carbocycles. The van der Waals surface area contributed by atoms with E-state index in [4.69, 9.17) is 9.47 Å². The van der Waals surface area contributed by atoms with Gasteiger partial charge in [0.2, 0.25) is 0 Å². The minimum atomic E-state index is -0.103. The molecule has 6 heteroatoms. The number of nitrogens with one attached hydrogen (secondary N) is 1. The van der Waals surface area contributed by atoms with Gasteiger partial charge < -0.3 is 14.5 Å². The van der Waals surface area contributed by atoms with Gasteiger partial charge in [-0.1, -0.05) is 18.2 Å². The minimum Gasteiger partial charge on any atom is -0.497 e. The number of hydrogen-bond donors (Lipinski definition) is 1. The van der Waals surface area contributed by atoms with Crippen molar-refractivity contribution in [3.05, 3.63) is 64.2 Å². The van der Waals surface area contributed by atoms with E-state index in [0.717, 1.165) is 30.2 Å². The lowest BCUT2D eigenvalue weighted by atomic mass is 10.1. The molecule has 0 radical (unpaired) electrons. The van der Waals surface area contributed by atoms with Crippen molar-refractivity contribution in [2.24, 2.45) is 0 Å². The quantitative estimate of drug-likeness (QED) is 0.786. The van der Waals surface area contributed by atoms with Gasteiger partial charge in [-0.05, 0) is 25.1 Å². The van der Waals surface area contributed by atoms with Gasteiger partial charge >= 0.3 is 0 Å². The Morgan fingerprint density at radius 1 is 1.27 bits per heavy atom. The number of rotatable bonds is 3. The Labute approximate surface area is 151 Å². The first-order valence-electron chi connectivity index (χ1n) is 8.68. The van der Waals surface area contributed by atoms with Gasteiger partial charge in [0.25, 0.3) is 5.56 Å². The molecule has 2 heterocycles. The summed E-state index contributed by atoms with van der Waals surface area (Å²) in [4.78, 5) is 22.2. The second-order valence-electron chi connectivity index (χ2n) is 6.44. The zero-order chi connectivity index (χ0) is 18.1. The van der Waals surface area contributed by atoms with Crippen molar-refractivity contribution in [2.45, 2.75) is 19.5 Å². The summed E-state index contributed by atoms with van der Waals surface area (Å²) in [5.41, 5.74) is 1.71. The molecule has 0 saturated heterocycles. The third-order valence-corrected chi connectivity index (χ3v) is 4.86. The van der Waals surface area contributed by atoms with Gasteiger partial charge in [-0.25, -0.2) is 4.98 Å². The number of ether oxygens (including phenoxy) is 2. The van der Waals surface area contributed by atoms with E-state index in [1.54, 1.807) is 13.2 Å². The normalized spacial score (nSPS) is 15.8. The Balaban J connectivity index is 1.65. The third kappa shape index (κ3) is 3.04. The van der Waals surface area contributed by atoms with Crippen molar-refractivity contribution < 1.29 is 9.47 Å². The molecule has 134 valence electrons. The molecule has 0 bridgehead atoms. The van der Waals surface area contributed by atoms with E-state index >= 15 is 0 Å². The molecule has 0 spiro atoms. The van der Waals surface area contributed by atoms with Crippen LogP contribution < -0.4 is 15.0 Å². The first-order chi connectivity index (χ1) is 12.7. The van der Waals surface area contributed by atoms with Crippen LogP contribution in [0.2, 0.25) is 0 Å². The van der Waals surface area contributed by atoms with Gasteiger partial charge in [0.15, 0.2) is 0 Å². The lowest BCUT2D eigenvalue weighted by Crippen LogP contribution is -2.31. The van der Waals surface area contributed by atoms with Crippen LogP contribution in [0.25, 0.3) is 10.9 Å². The smallest absolute Gasteiger partial charge is 0.258 e. The average molecular weight is 351 g/mol. The highest BCUT2D eigenvalue weighted by Crippen LogP contribution is 2.30. The van der Waals surface area contributed by atoms with E-state index in [2.05, 4.69) is 21.8 Å². The summed E-state index contributed by atoms with van der Waals surface area (Å²) in [5, 5.41) is 0.611. The SMILES string of the molecule is COc1ccc2c(c1)OCCN(C(C)c1nc3ccccc3c(=O)[nH]1)C2. The predicted octanol–water partition coefficient (Wildman–Crippen LogP) is 2.89. The molecule has 1 atom stereocenters. The van der Waals surface area contributed by atoms with Crippen molar-refractivity contribution in [1.82, 2.24) is 14.9 Å². The Kier molecular flexibility index (Phi) is 4.34. The highest BCUT2D eigenvalue weighted by molar-refractivity contribution is 5.77. The molecule has 6 nitrogen and oxygen atoms in total. The maximum absolute atomic E-state index is 12.4. The van der Waals surface area contributed by atoms with Gasteiger partial charge in [-0.2, -0.15) is 0 Å². The van der Waals surface area contributed by atoms with Gasteiger partial charge in [0.1, 0.15) is 23.9 Å². The molecule has 2 aromatic carbocycles. The zero-order valence-corrected chi connectivity index (χ0v) is 14.9. The fourth-order valence-electron chi connectivity index (χ4n) is 3.30. The molecule has 1 aliphatic rings. The summed E-state index contributed by atoms with van der Waals surface area (Å²) < 4.78 is 11.2. The summed E-state index contributed by atoms with van der Waals surface area (Å²) in [7, 11) is 1.65. The highest BCUT2D eigenvalue weighted by atomic mass is 16.5. The van der Waals surface area contributed by atoms with Gasteiger partial charge in [0.05, 0.1) is 24.1 Å². The second kappa shape index (κ2) is 6.80. The van der Waals surface area contributed by atoms with E-state index in [1.165, 1.54) is 0 Å². The largest absolute Gasteiger partial charge is 0.497 e. The number of nitrogens with zero attached hydrogens (tertiary/aromatic N) is 2. The number of benzene rings is 2. The number of methoxy groups -OCH3 is 1. The van der Waals surface area contributed by atoms with Crippen molar-refractivity contribution >= 4 is 10.9 Å². The molecule has 0 saturated carbocycles. The molecule has 1 aromatic heterocycles. The van der Waals surface area contributed by atoms with E-state index in [0.29, 0.717) is 23.3 Å². The van der Waals surface area contributed by atoms with Crippen molar-refractivity contribution in [3.63, 3.8) is 0 Å². The predicted molar refractivity (Wildman–Crippen MR) is 99.7 cm³/mol. The van der Waals surface area contributed by atoms with Crippen molar-refractivity contribution in [3.8, 4) is 11.5 Å². The van der Waals surface area contributed by atoms with E-state index in [1.807, 2.05) is 36.4 Å². The molecule has 1 N–H and O–H groups in total. The van der Waals surface area contributed by atoms with Crippen molar-refractivity contribution in [1.29, 1.82) is 0 Å². The second-order valence-corrected chi connectivity index (χ2v) is 6.44. The van der Waals surface area contributed by atoms with Crippen LogP contribution in [0, 0.1) is 0 Å². The number of para-hydroxylation sites is 1. The van der Waals surface area contributed by atoms with E-state index in [-0.39, 0.29) is 11.6 Å². The van der Waals surface area contributed by atoms with E-state index < -0.39 is 0 Å². The number of H-pyrrole nitrogens is 1. The molecule has 0 fully saturated rings. The molecular weight excluding hydrogens is 330 g/mol. The fraction of sp³-hybridized carbons (Fsp3) is 0.300. The molecular formula is C20H21N3O3. The number of aromatic nitrogens is 2. The van der Waals surface area contributed by atoms with Crippen LogP contribution >= 0.6 is 0 Å². The van der Waals surface area contributed by atoms with Crippen LogP contribution in [0.1, 0.15) is 24.4 Å². The van der Waals surface area contributed by atoms with E-state index in [9.17, 15) is 4.79 Å². The molecule has 4 rings (SSSR count). The Morgan fingerprint density at radius 2 is 2.12 bits per heavy atom. The monoisotopic (exact) mass is 351 g/mol. The van der Waals surface area contributed by atoms with Crippen LogP contribution in [0.5, 0.6) is 11.5 Å². The zero-order valence-electron chi connectivity index (χ0n) is 14.9. The molecule has 0 amide bonds. The van der Waals surface area contributed by atoms with Crippen molar-refractivity contribution in [2.75, 3.05) is 20.3 Å². The summed E-state index contributed by atoms with van der Waals surface area (Å²) in [6.07, 6.45) is 0. The summed E-state index contributed by atoms with van der Waals surface area (Å²) in [5.74, 6) is 2.30. The summed E-state index contributed by atoms with van der Waals surface area (Å²) in [6, 6.07) is 13.2. The third-order valence-electron chi connectivity index (χ3n) is 4.86. The number of hydrogen-bond acceptors (Lipinski definition) is 5. The van der Waals surface area contributed by atoms with Gasteiger partial charge in [-0.15, -0.1) is 0 Å². The lowest BCUT2D eigenvalue weighted by Gasteiger charge is -2.26. The molecule has 26 heavy (non-hydrogen) atoms. The Bertz CT molecular complexity index is 999. The topological polar surface area (TPSA) is 67.5 Å². The fourth-order valence-corrected chi connectivity index (χ4v) is 3.30.